The number of ether oxygens (including phenoxy) is 1. The number of nitrogens with two attached hydrogens (primary N) is 1. The van der Waals surface area contributed by atoms with Crippen molar-refractivity contribution < 1.29 is 13.9 Å². The van der Waals surface area contributed by atoms with Crippen molar-refractivity contribution in [3.05, 3.63) is 35.1 Å². The molecule has 1 unspecified atom stereocenters. The summed E-state index contributed by atoms with van der Waals surface area (Å²) in [5.41, 5.74) is 5.71. The minimum absolute atomic E-state index is 0.137. The maximum absolute atomic E-state index is 13.7. The van der Waals surface area contributed by atoms with Crippen LogP contribution in [0.3, 0.4) is 0 Å². The van der Waals surface area contributed by atoms with E-state index in [2.05, 4.69) is 17.2 Å². The van der Waals surface area contributed by atoms with E-state index in [0.29, 0.717) is 13.2 Å². The second kappa shape index (κ2) is 8.31. The van der Waals surface area contributed by atoms with E-state index in [1.165, 1.54) is 18.2 Å². The highest BCUT2D eigenvalue weighted by Crippen LogP contribution is 2.09. The van der Waals surface area contributed by atoms with Crippen LogP contribution in [0, 0.1) is 17.7 Å². The smallest absolute Gasteiger partial charge is 0.251 e. The molecule has 0 aliphatic heterocycles. The molecule has 0 aromatic heterocycles. The maximum atomic E-state index is 13.7. The molecule has 5 heteroatoms. The summed E-state index contributed by atoms with van der Waals surface area (Å²) in [5, 5.41) is 2.73. The molecule has 0 radical (unpaired) electrons. The zero-order valence-electron chi connectivity index (χ0n) is 11.7. The summed E-state index contributed by atoms with van der Waals surface area (Å²) in [5.74, 6) is 4.31. The molecule has 0 spiro atoms. The predicted octanol–water partition coefficient (Wildman–Crippen LogP) is 1.29. The number of benzene rings is 1. The molecule has 0 aliphatic rings. The minimum atomic E-state index is -0.531. The van der Waals surface area contributed by atoms with Crippen LogP contribution >= 0.6 is 0 Å². The van der Waals surface area contributed by atoms with Gasteiger partial charge in [0.2, 0.25) is 0 Å². The van der Waals surface area contributed by atoms with Crippen LogP contribution in [0.15, 0.2) is 18.2 Å². The van der Waals surface area contributed by atoms with E-state index in [9.17, 15) is 9.18 Å². The normalized spacial score (nSPS) is 11.4. The Bertz CT molecular complexity index is 520. The molecule has 0 saturated carbocycles. The van der Waals surface area contributed by atoms with Crippen molar-refractivity contribution in [3.8, 4) is 11.8 Å². The lowest BCUT2D eigenvalue weighted by molar-refractivity contribution is 0.0871. The van der Waals surface area contributed by atoms with Gasteiger partial charge in [-0.3, -0.25) is 4.79 Å². The number of hydrogen-bond donors (Lipinski definition) is 2. The zero-order chi connectivity index (χ0) is 15.0. The van der Waals surface area contributed by atoms with Crippen molar-refractivity contribution in [2.45, 2.75) is 19.9 Å². The molecule has 0 heterocycles. The summed E-state index contributed by atoms with van der Waals surface area (Å²) >= 11 is 0. The second-order valence-corrected chi connectivity index (χ2v) is 4.23. The highest BCUT2D eigenvalue weighted by atomic mass is 19.1. The Kier molecular flexibility index (Phi) is 6.71. The quantitative estimate of drug-likeness (QED) is 0.798. The third-order valence-corrected chi connectivity index (χ3v) is 2.51. The first-order chi connectivity index (χ1) is 9.58. The summed E-state index contributed by atoms with van der Waals surface area (Å²) in [6.07, 6.45) is 0. The largest absolute Gasteiger partial charge is 0.380 e. The van der Waals surface area contributed by atoms with Crippen molar-refractivity contribution in [2.24, 2.45) is 5.73 Å². The van der Waals surface area contributed by atoms with Gasteiger partial charge in [-0.2, -0.15) is 0 Å². The van der Waals surface area contributed by atoms with Crippen LogP contribution in [0.2, 0.25) is 0 Å². The first kappa shape index (κ1) is 16.2. The molecule has 1 aromatic rings. The molecule has 1 atom stereocenters. The van der Waals surface area contributed by atoms with Crippen molar-refractivity contribution in [1.82, 2.24) is 5.32 Å². The molecule has 0 aliphatic carbocycles. The highest BCUT2D eigenvalue weighted by molar-refractivity contribution is 5.94. The Morgan fingerprint density at radius 3 is 2.90 bits per heavy atom. The van der Waals surface area contributed by atoms with E-state index in [1.807, 2.05) is 13.8 Å². The highest BCUT2D eigenvalue weighted by Gasteiger charge is 2.11. The fourth-order valence-electron chi connectivity index (χ4n) is 1.55. The molecule has 1 amide bonds. The summed E-state index contributed by atoms with van der Waals surface area (Å²) in [4.78, 5) is 11.9. The minimum Gasteiger partial charge on any atom is -0.380 e. The number of halogens is 1. The molecular weight excluding hydrogens is 259 g/mol. The van der Waals surface area contributed by atoms with Crippen LogP contribution in [0.25, 0.3) is 0 Å². The molecule has 4 nitrogen and oxygen atoms in total. The van der Waals surface area contributed by atoms with Gasteiger partial charge in [0, 0.05) is 18.2 Å². The Hall–Kier alpha value is -1.90. The monoisotopic (exact) mass is 278 g/mol. The molecule has 20 heavy (non-hydrogen) atoms. The molecule has 0 bridgehead atoms. The molecule has 0 saturated heterocycles. The standard InChI is InChI=1S/C15H19FN2O2/c1-3-20-10-11(2)18-15(19)13-7-6-12(5-4-8-17)14(16)9-13/h6-7,9,11H,3,8,10,17H2,1-2H3,(H,18,19). The third-order valence-electron chi connectivity index (χ3n) is 2.51. The fourth-order valence-corrected chi connectivity index (χ4v) is 1.55. The predicted molar refractivity (Wildman–Crippen MR) is 75.8 cm³/mol. The van der Waals surface area contributed by atoms with Gasteiger partial charge in [-0.25, -0.2) is 4.39 Å². The van der Waals surface area contributed by atoms with Crippen molar-refractivity contribution in [3.63, 3.8) is 0 Å². The van der Waals surface area contributed by atoms with E-state index in [-0.39, 0.29) is 29.6 Å². The van der Waals surface area contributed by atoms with Crippen LogP contribution in [-0.2, 0) is 4.74 Å². The van der Waals surface area contributed by atoms with Gasteiger partial charge < -0.3 is 15.8 Å². The Balaban J connectivity index is 2.72. The number of hydrogen-bond acceptors (Lipinski definition) is 3. The van der Waals surface area contributed by atoms with Crippen molar-refractivity contribution in [1.29, 1.82) is 0 Å². The van der Waals surface area contributed by atoms with Crippen LogP contribution in [-0.4, -0.2) is 31.7 Å². The first-order valence-electron chi connectivity index (χ1n) is 6.45. The van der Waals surface area contributed by atoms with Crippen LogP contribution in [0.1, 0.15) is 29.8 Å². The van der Waals surface area contributed by atoms with Gasteiger partial charge in [0.05, 0.1) is 18.7 Å². The molecule has 1 rings (SSSR count). The van der Waals surface area contributed by atoms with Crippen LogP contribution in [0.5, 0.6) is 0 Å². The van der Waals surface area contributed by atoms with E-state index < -0.39 is 5.82 Å². The summed E-state index contributed by atoms with van der Waals surface area (Å²) in [7, 11) is 0. The lowest BCUT2D eigenvalue weighted by atomic mass is 10.1. The van der Waals surface area contributed by atoms with Crippen LogP contribution in [0.4, 0.5) is 4.39 Å². The van der Waals surface area contributed by atoms with E-state index in [1.54, 1.807) is 0 Å². The van der Waals surface area contributed by atoms with Gasteiger partial charge in [0.25, 0.3) is 5.91 Å². The number of nitrogens with one attached hydrogen (secondary N) is 1. The molecule has 3 N–H and O–H groups in total. The van der Waals surface area contributed by atoms with Crippen molar-refractivity contribution in [2.75, 3.05) is 19.8 Å². The number of amides is 1. The van der Waals surface area contributed by atoms with Gasteiger partial charge in [-0.1, -0.05) is 11.8 Å². The summed E-state index contributed by atoms with van der Waals surface area (Å²) < 4.78 is 18.9. The van der Waals surface area contributed by atoms with E-state index in [4.69, 9.17) is 10.5 Å². The Morgan fingerprint density at radius 1 is 1.55 bits per heavy atom. The second-order valence-electron chi connectivity index (χ2n) is 4.23. The van der Waals surface area contributed by atoms with Gasteiger partial charge in [-0.15, -0.1) is 0 Å². The molecule has 108 valence electrons. The lowest BCUT2D eigenvalue weighted by Crippen LogP contribution is -2.35. The van der Waals surface area contributed by atoms with Gasteiger partial charge >= 0.3 is 0 Å². The topological polar surface area (TPSA) is 64.3 Å². The molecule has 1 aromatic carbocycles. The SMILES string of the molecule is CCOCC(C)NC(=O)c1ccc(C#CCN)c(F)c1. The lowest BCUT2D eigenvalue weighted by Gasteiger charge is -2.13. The average molecular weight is 278 g/mol. The van der Waals surface area contributed by atoms with Gasteiger partial charge in [0.15, 0.2) is 0 Å². The summed E-state index contributed by atoms with van der Waals surface area (Å²) in [6, 6.07) is 4.04. The zero-order valence-corrected chi connectivity index (χ0v) is 11.7. The number of rotatable bonds is 5. The van der Waals surface area contributed by atoms with Gasteiger partial charge in [-0.05, 0) is 32.0 Å². The first-order valence-corrected chi connectivity index (χ1v) is 6.45. The Labute approximate surface area is 118 Å². The van der Waals surface area contributed by atoms with E-state index >= 15 is 0 Å². The van der Waals surface area contributed by atoms with E-state index in [0.717, 1.165) is 0 Å². The maximum Gasteiger partial charge on any atom is 0.251 e. The molecule has 0 fully saturated rings. The Morgan fingerprint density at radius 2 is 2.30 bits per heavy atom. The van der Waals surface area contributed by atoms with Crippen LogP contribution < -0.4 is 11.1 Å². The average Bonchev–Trinajstić information content (AvgIpc) is 2.43. The van der Waals surface area contributed by atoms with Gasteiger partial charge in [0.1, 0.15) is 5.82 Å². The van der Waals surface area contributed by atoms with Crippen molar-refractivity contribution >= 4 is 5.91 Å². The molecular formula is C15H19FN2O2. The third kappa shape index (κ3) is 5.00. The number of carbonyl (C=O) groups excluding carboxylic acids is 1. The fraction of sp³-hybridized carbons (Fsp3) is 0.400. The number of carbonyl (C=O) groups is 1. The summed E-state index contributed by atoms with van der Waals surface area (Å²) in [6.45, 7) is 4.88.